The van der Waals surface area contributed by atoms with Gasteiger partial charge in [0.15, 0.2) is 0 Å². The fourth-order valence-electron chi connectivity index (χ4n) is 3.27. The van der Waals surface area contributed by atoms with E-state index in [9.17, 15) is 9.59 Å². The molecule has 1 aliphatic heterocycles. The summed E-state index contributed by atoms with van der Waals surface area (Å²) in [5, 5.41) is 4.52. The van der Waals surface area contributed by atoms with E-state index in [1.165, 1.54) is 12.8 Å². The number of aromatic nitrogens is 2. The Labute approximate surface area is 123 Å². The van der Waals surface area contributed by atoms with E-state index in [0.717, 1.165) is 37.9 Å². The first kappa shape index (κ1) is 13.0. The van der Waals surface area contributed by atoms with Crippen LogP contribution in [-0.2, 0) is 11.3 Å². The number of rotatable bonds is 4. The van der Waals surface area contributed by atoms with E-state index in [-0.39, 0.29) is 17.5 Å². The zero-order chi connectivity index (χ0) is 14.4. The fourth-order valence-corrected chi connectivity index (χ4v) is 3.27. The largest absolute Gasteiger partial charge is 0.338 e. The number of carbonyl (C=O) groups is 1. The van der Waals surface area contributed by atoms with Crippen molar-refractivity contribution in [1.29, 1.82) is 0 Å². The third kappa shape index (κ3) is 2.61. The van der Waals surface area contributed by atoms with Crippen LogP contribution in [0.15, 0.2) is 16.9 Å². The molecule has 0 N–H and O–H groups in total. The van der Waals surface area contributed by atoms with Crippen LogP contribution in [0.2, 0.25) is 0 Å². The molecule has 2 aliphatic carbocycles. The van der Waals surface area contributed by atoms with Gasteiger partial charge in [0.25, 0.3) is 5.56 Å². The smallest absolute Gasteiger partial charge is 0.266 e. The Balaban J connectivity index is 1.52. The third-order valence-electron chi connectivity index (χ3n) is 4.85. The molecule has 3 fully saturated rings. The molecule has 0 radical (unpaired) electrons. The lowest BCUT2D eigenvalue weighted by molar-refractivity contribution is -0.133. The summed E-state index contributed by atoms with van der Waals surface area (Å²) in [7, 11) is 0. The lowest BCUT2D eigenvalue weighted by Crippen LogP contribution is -2.41. The van der Waals surface area contributed by atoms with E-state index >= 15 is 0 Å². The molecule has 2 saturated carbocycles. The van der Waals surface area contributed by atoms with E-state index in [1.54, 1.807) is 10.7 Å². The Kier molecular flexibility index (Phi) is 3.08. The molecule has 1 aromatic heterocycles. The van der Waals surface area contributed by atoms with Crippen LogP contribution in [-0.4, -0.2) is 33.2 Å². The van der Waals surface area contributed by atoms with Crippen molar-refractivity contribution in [3.63, 3.8) is 0 Å². The average Bonchev–Trinajstić information content (AvgIpc) is 3.38. The SMILES string of the molecule is O=C(C1CC1)N1CCCC1Cn1nc(C2CC2)ccc1=O. The summed E-state index contributed by atoms with van der Waals surface area (Å²) in [6, 6.07) is 3.64. The van der Waals surface area contributed by atoms with E-state index in [2.05, 4.69) is 5.10 Å². The summed E-state index contributed by atoms with van der Waals surface area (Å²) in [5.74, 6) is 1.10. The Morgan fingerprint density at radius 1 is 1.19 bits per heavy atom. The molecule has 4 rings (SSSR count). The third-order valence-corrected chi connectivity index (χ3v) is 4.85. The van der Waals surface area contributed by atoms with Crippen LogP contribution in [0.1, 0.15) is 50.1 Å². The van der Waals surface area contributed by atoms with Gasteiger partial charge in [0.2, 0.25) is 5.91 Å². The van der Waals surface area contributed by atoms with Crippen LogP contribution >= 0.6 is 0 Å². The van der Waals surface area contributed by atoms with Crippen LogP contribution in [0.3, 0.4) is 0 Å². The zero-order valence-electron chi connectivity index (χ0n) is 12.2. The molecule has 0 spiro atoms. The topological polar surface area (TPSA) is 55.2 Å². The van der Waals surface area contributed by atoms with Crippen molar-refractivity contribution in [3.8, 4) is 0 Å². The van der Waals surface area contributed by atoms with E-state index in [4.69, 9.17) is 0 Å². The Hall–Kier alpha value is -1.65. The van der Waals surface area contributed by atoms with Crippen molar-refractivity contribution < 1.29 is 4.79 Å². The number of likely N-dealkylation sites (tertiary alicyclic amines) is 1. The van der Waals surface area contributed by atoms with E-state index < -0.39 is 0 Å². The van der Waals surface area contributed by atoms with Crippen LogP contribution in [0.25, 0.3) is 0 Å². The van der Waals surface area contributed by atoms with Gasteiger partial charge in [-0.05, 0) is 44.6 Å². The Morgan fingerprint density at radius 2 is 2.00 bits per heavy atom. The van der Waals surface area contributed by atoms with Crippen molar-refractivity contribution in [1.82, 2.24) is 14.7 Å². The molecule has 1 amide bonds. The molecule has 21 heavy (non-hydrogen) atoms. The molecule has 5 nitrogen and oxygen atoms in total. The van der Waals surface area contributed by atoms with Crippen LogP contribution in [0.5, 0.6) is 0 Å². The lowest BCUT2D eigenvalue weighted by Gasteiger charge is -2.25. The van der Waals surface area contributed by atoms with Gasteiger partial charge >= 0.3 is 0 Å². The van der Waals surface area contributed by atoms with Crippen molar-refractivity contribution in [2.24, 2.45) is 5.92 Å². The quantitative estimate of drug-likeness (QED) is 0.843. The van der Waals surface area contributed by atoms with Crippen molar-refractivity contribution in [2.45, 2.75) is 57.0 Å². The monoisotopic (exact) mass is 287 g/mol. The predicted octanol–water partition coefficient (Wildman–Crippen LogP) is 1.52. The number of hydrogen-bond acceptors (Lipinski definition) is 3. The van der Waals surface area contributed by atoms with Gasteiger partial charge in [-0.2, -0.15) is 5.10 Å². The summed E-state index contributed by atoms with van der Waals surface area (Å²) in [4.78, 5) is 26.3. The summed E-state index contributed by atoms with van der Waals surface area (Å²) in [6.07, 6.45) is 6.47. The molecule has 1 aromatic rings. The van der Waals surface area contributed by atoms with Gasteiger partial charge in [-0.15, -0.1) is 0 Å². The maximum atomic E-state index is 12.3. The van der Waals surface area contributed by atoms with E-state index in [1.807, 2.05) is 11.0 Å². The first-order chi connectivity index (χ1) is 10.2. The van der Waals surface area contributed by atoms with Gasteiger partial charge in [-0.25, -0.2) is 4.68 Å². The van der Waals surface area contributed by atoms with Gasteiger partial charge in [0.05, 0.1) is 18.3 Å². The van der Waals surface area contributed by atoms with Crippen LogP contribution in [0.4, 0.5) is 0 Å². The minimum atomic E-state index is -0.0508. The second-order valence-corrected chi connectivity index (χ2v) is 6.65. The number of amides is 1. The average molecular weight is 287 g/mol. The molecule has 112 valence electrons. The molecule has 1 atom stereocenters. The summed E-state index contributed by atoms with van der Waals surface area (Å²) in [6.45, 7) is 1.40. The first-order valence-electron chi connectivity index (χ1n) is 8.11. The van der Waals surface area contributed by atoms with Crippen molar-refractivity contribution in [2.75, 3.05) is 6.54 Å². The van der Waals surface area contributed by atoms with Gasteiger partial charge < -0.3 is 4.90 Å². The second-order valence-electron chi connectivity index (χ2n) is 6.65. The number of nitrogens with zero attached hydrogens (tertiary/aromatic N) is 3. The molecule has 2 heterocycles. The molecule has 0 aromatic carbocycles. The Morgan fingerprint density at radius 3 is 2.71 bits per heavy atom. The normalized spacial score (nSPS) is 25.3. The van der Waals surface area contributed by atoms with Gasteiger partial charge in [-0.1, -0.05) is 0 Å². The molecule has 1 unspecified atom stereocenters. The van der Waals surface area contributed by atoms with Gasteiger partial charge in [0.1, 0.15) is 0 Å². The lowest BCUT2D eigenvalue weighted by atomic mass is 10.2. The highest BCUT2D eigenvalue weighted by molar-refractivity contribution is 5.81. The number of hydrogen-bond donors (Lipinski definition) is 0. The van der Waals surface area contributed by atoms with Gasteiger partial charge in [0, 0.05) is 24.4 Å². The second kappa shape index (κ2) is 4.97. The molecular formula is C16H21N3O2. The fraction of sp³-hybridized carbons (Fsp3) is 0.688. The van der Waals surface area contributed by atoms with Gasteiger partial charge in [-0.3, -0.25) is 9.59 Å². The molecule has 5 heteroatoms. The highest BCUT2D eigenvalue weighted by Crippen LogP contribution is 2.38. The first-order valence-corrected chi connectivity index (χ1v) is 8.11. The molecule has 1 saturated heterocycles. The minimum absolute atomic E-state index is 0.0508. The number of carbonyl (C=O) groups excluding carboxylic acids is 1. The van der Waals surface area contributed by atoms with Crippen LogP contribution in [0, 0.1) is 5.92 Å². The van der Waals surface area contributed by atoms with Crippen molar-refractivity contribution >= 4 is 5.91 Å². The minimum Gasteiger partial charge on any atom is -0.338 e. The van der Waals surface area contributed by atoms with E-state index in [0.29, 0.717) is 18.4 Å². The van der Waals surface area contributed by atoms with Crippen LogP contribution < -0.4 is 5.56 Å². The maximum absolute atomic E-state index is 12.3. The zero-order valence-corrected chi connectivity index (χ0v) is 12.2. The Bertz CT molecular complexity index is 616. The predicted molar refractivity (Wildman–Crippen MR) is 77.9 cm³/mol. The molecular weight excluding hydrogens is 266 g/mol. The summed E-state index contributed by atoms with van der Waals surface area (Å²) < 4.78 is 1.58. The molecule has 3 aliphatic rings. The molecule has 0 bridgehead atoms. The van der Waals surface area contributed by atoms with Crippen molar-refractivity contribution in [3.05, 3.63) is 28.2 Å². The highest BCUT2D eigenvalue weighted by Gasteiger charge is 2.38. The summed E-state index contributed by atoms with van der Waals surface area (Å²) >= 11 is 0. The summed E-state index contributed by atoms with van der Waals surface area (Å²) in [5.41, 5.74) is 0.984. The maximum Gasteiger partial charge on any atom is 0.266 e. The highest BCUT2D eigenvalue weighted by atomic mass is 16.2. The standard InChI is InChI=1S/C16H21N3O2/c20-15-8-7-14(11-3-4-11)17-19(15)10-13-2-1-9-18(13)16(21)12-5-6-12/h7-8,11-13H,1-6,9-10H2.